The SMILES string of the molecule is CC1CCCCC1Nc1nc2ccccc2cc1C(=O)O. The third-order valence-electron chi connectivity index (χ3n) is 4.39. The Labute approximate surface area is 124 Å². The van der Waals surface area contributed by atoms with Crippen molar-refractivity contribution >= 4 is 22.7 Å². The minimum Gasteiger partial charge on any atom is -0.478 e. The van der Waals surface area contributed by atoms with Gasteiger partial charge in [0.2, 0.25) is 0 Å². The molecule has 0 bridgehead atoms. The number of anilines is 1. The van der Waals surface area contributed by atoms with Crippen LogP contribution in [0.4, 0.5) is 5.82 Å². The first-order valence-corrected chi connectivity index (χ1v) is 7.55. The Bertz CT molecular complexity index is 669. The number of hydrogen-bond donors (Lipinski definition) is 2. The number of rotatable bonds is 3. The molecule has 2 unspecified atom stereocenters. The maximum absolute atomic E-state index is 11.5. The van der Waals surface area contributed by atoms with Crippen molar-refractivity contribution in [1.82, 2.24) is 4.98 Å². The molecule has 0 spiro atoms. The molecule has 4 heteroatoms. The number of aromatic nitrogens is 1. The molecule has 0 saturated heterocycles. The number of carboxylic acid groups (broad SMARTS) is 1. The summed E-state index contributed by atoms with van der Waals surface area (Å²) in [5.74, 6) is 0.118. The van der Waals surface area contributed by atoms with E-state index in [-0.39, 0.29) is 5.56 Å². The highest BCUT2D eigenvalue weighted by molar-refractivity contribution is 5.98. The van der Waals surface area contributed by atoms with Gasteiger partial charge in [-0.15, -0.1) is 0 Å². The van der Waals surface area contributed by atoms with Crippen LogP contribution in [0.1, 0.15) is 43.0 Å². The highest BCUT2D eigenvalue weighted by Gasteiger charge is 2.23. The van der Waals surface area contributed by atoms with Crippen molar-refractivity contribution in [2.24, 2.45) is 5.92 Å². The average molecular weight is 284 g/mol. The van der Waals surface area contributed by atoms with Gasteiger partial charge in [0.15, 0.2) is 0 Å². The molecule has 1 heterocycles. The van der Waals surface area contributed by atoms with Crippen molar-refractivity contribution < 1.29 is 9.90 Å². The second-order valence-electron chi connectivity index (χ2n) is 5.89. The average Bonchev–Trinajstić information content (AvgIpc) is 2.48. The number of carbonyl (C=O) groups is 1. The fourth-order valence-electron chi connectivity index (χ4n) is 3.10. The van der Waals surface area contributed by atoms with Crippen LogP contribution < -0.4 is 5.32 Å². The van der Waals surface area contributed by atoms with Crippen molar-refractivity contribution in [2.45, 2.75) is 38.6 Å². The van der Waals surface area contributed by atoms with Gasteiger partial charge < -0.3 is 10.4 Å². The molecular formula is C17H20N2O2. The van der Waals surface area contributed by atoms with Crippen molar-refractivity contribution in [3.63, 3.8) is 0 Å². The van der Waals surface area contributed by atoms with Crippen LogP contribution >= 0.6 is 0 Å². The highest BCUT2D eigenvalue weighted by Crippen LogP contribution is 2.28. The van der Waals surface area contributed by atoms with Gasteiger partial charge in [0, 0.05) is 11.4 Å². The quantitative estimate of drug-likeness (QED) is 0.896. The number of benzene rings is 1. The van der Waals surface area contributed by atoms with E-state index in [0.717, 1.165) is 17.3 Å². The van der Waals surface area contributed by atoms with Gasteiger partial charge in [-0.05, 0) is 30.9 Å². The number of para-hydroxylation sites is 1. The lowest BCUT2D eigenvalue weighted by Crippen LogP contribution is -2.31. The van der Waals surface area contributed by atoms with Crippen LogP contribution in [0.5, 0.6) is 0 Å². The summed E-state index contributed by atoms with van der Waals surface area (Å²) in [6.07, 6.45) is 4.72. The number of nitrogens with one attached hydrogen (secondary N) is 1. The molecule has 110 valence electrons. The van der Waals surface area contributed by atoms with E-state index in [1.807, 2.05) is 24.3 Å². The Hall–Kier alpha value is -2.10. The topological polar surface area (TPSA) is 62.2 Å². The van der Waals surface area contributed by atoms with Crippen molar-refractivity contribution in [3.05, 3.63) is 35.9 Å². The summed E-state index contributed by atoms with van der Waals surface area (Å²) in [5, 5.41) is 13.7. The molecule has 1 aromatic heterocycles. The Morgan fingerprint density at radius 1 is 1.29 bits per heavy atom. The van der Waals surface area contributed by atoms with Crippen molar-refractivity contribution in [2.75, 3.05) is 5.32 Å². The summed E-state index contributed by atoms with van der Waals surface area (Å²) >= 11 is 0. The Balaban J connectivity index is 1.99. The smallest absolute Gasteiger partial charge is 0.339 e. The molecule has 1 fully saturated rings. The van der Waals surface area contributed by atoms with Gasteiger partial charge in [0.05, 0.1) is 5.52 Å². The van der Waals surface area contributed by atoms with Crippen LogP contribution in [0.15, 0.2) is 30.3 Å². The molecule has 1 aliphatic rings. The van der Waals surface area contributed by atoms with E-state index in [9.17, 15) is 9.90 Å². The number of pyridine rings is 1. The Kier molecular flexibility index (Phi) is 3.78. The summed E-state index contributed by atoms with van der Waals surface area (Å²) in [5.41, 5.74) is 1.08. The second kappa shape index (κ2) is 5.72. The molecule has 0 aliphatic heterocycles. The molecule has 2 atom stereocenters. The lowest BCUT2D eigenvalue weighted by atomic mass is 9.86. The van der Waals surface area contributed by atoms with Gasteiger partial charge in [-0.1, -0.05) is 38.0 Å². The monoisotopic (exact) mass is 284 g/mol. The molecule has 1 aromatic carbocycles. The predicted octanol–water partition coefficient (Wildman–Crippen LogP) is 3.92. The van der Waals surface area contributed by atoms with Gasteiger partial charge in [0.1, 0.15) is 11.4 Å². The van der Waals surface area contributed by atoms with E-state index in [1.54, 1.807) is 6.07 Å². The number of fused-ring (bicyclic) bond motifs is 1. The highest BCUT2D eigenvalue weighted by atomic mass is 16.4. The lowest BCUT2D eigenvalue weighted by molar-refractivity contribution is 0.0697. The second-order valence-corrected chi connectivity index (χ2v) is 5.89. The van der Waals surface area contributed by atoms with Crippen molar-refractivity contribution in [1.29, 1.82) is 0 Å². The molecule has 21 heavy (non-hydrogen) atoms. The van der Waals surface area contributed by atoms with E-state index in [1.165, 1.54) is 19.3 Å². The zero-order valence-corrected chi connectivity index (χ0v) is 12.2. The summed E-state index contributed by atoms with van der Waals surface area (Å²) < 4.78 is 0. The number of carboxylic acids is 1. The van der Waals surface area contributed by atoms with E-state index in [4.69, 9.17) is 0 Å². The first-order chi connectivity index (χ1) is 10.1. The van der Waals surface area contributed by atoms with Gasteiger partial charge >= 0.3 is 5.97 Å². The minimum absolute atomic E-state index is 0.256. The van der Waals surface area contributed by atoms with Crippen LogP contribution in [0.2, 0.25) is 0 Å². The zero-order valence-electron chi connectivity index (χ0n) is 12.2. The lowest BCUT2D eigenvalue weighted by Gasteiger charge is -2.30. The van der Waals surface area contributed by atoms with Crippen LogP contribution in [-0.4, -0.2) is 22.1 Å². The largest absolute Gasteiger partial charge is 0.478 e. The molecule has 1 saturated carbocycles. The first-order valence-electron chi connectivity index (χ1n) is 7.55. The molecule has 0 radical (unpaired) electrons. The van der Waals surface area contributed by atoms with Gasteiger partial charge in [-0.25, -0.2) is 9.78 Å². The fraction of sp³-hybridized carbons (Fsp3) is 0.412. The zero-order chi connectivity index (χ0) is 14.8. The van der Waals surface area contributed by atoms with Crippen LogP contribution in [0.3, 0.4) is 0 Å². The Morgan fingerprint density at radius 2 is 2.05 bits per heavy atom. The van der Waals surface area contributed by atoms with Crippen LogP contribution in [-0.2, 0) is 0 Å². The molecule has 0 amide bonds. The summed E-state index contributed by atoms with van der Waals surface area (Å²) in [4.78, 5) is 16.0. The third kappa shape index (κ3) is 2.84. The third-order valence-corrected chi connectivity index (χ3v) is 4.39. The van der Waals surface area contributed by atoms with Gasteiger partial charge in [0.25, 0.3) is 0 Å². The molecular weight excluding hydrogens is 264 g/mol. The maximum Gasteiger partial charge on any atom is 0.339 e. The number of aromatic carboxylic acids is 1. The Morgan fingerprint density at radius 3 is 2.81 bits per heavy atom. The number of nitrogens with zero attached hydrogens (tertiary/aromatic N) is 1. The molecule has 4 nitrogen and oxygen atoms in total. The van der Waals surface area contributed by atoms with Crippen molar-refractivity contribution in [3.8, 4) is 0 Å². The number of hydrogen-bond acceptors (Lipinski definition) is 3. The van der Waals surface area contributed by atoms with E-state index in [2.05, 4.69) is 17.2 Å². The molecule has 3 rings (SSSR count). The van der Waals surface area contributed by atoms with E-state index < -0.39 is 5.97 Å². The summed E-state index contributed by atoms with van der Waals surface area (Å²) in [6, 6.07) is 9.64. The predicted molar refractivity (Wildman–Crippen MR) is 83.7 cm³/mol. The van der Waals surface area contributed by atoms with E-state index >= 15 is 0 Å². The van der Waals surface area contributed by atoms with Crippen LogP contribution in [0.25, 0.3) is 10.9 Å². The van der Waals surface area contributed by atoms with Gasteiger partial charge in [-0.3, -0.25) is 0 Å². The maximum atomic E-state index is 11.5. The molecule has 2 aromatic rings. The van der Waals surface area contributed by atoms with E-state index in [0.29, 0.717) is 17.8 Å². The molecule has 1 aliphatic carbocycles. The summed E-state index contributed by atoms with van der Waals surface area (Å²) in [6.45, 7) is 2.22. The fourth-order valence-corrected chi connectivity index (χ4v) is 3.10. The summed E-state index contributed by atoms with van der Waals surface area (Å²) in [7, 11) is 0. The minimum atomic E-state index is -0.931. The van der Waals surface area contributed by atoms with Gasteiger partial charge in [-0.2, -0.15) is 0 Å². The normalized spacial score (nSPS) is 22.1. The standard InChI is InChI=1S/C17H20N2O2/c1-11-6-2-4-8-14(11)18-16-13(17(20)21)10-12-7-3-5-9-15(12)19-16/h3,5,7,9-11,14H,2,4,6,8H2,1H3,(H,18,19)(H,20,21). The van der Waals surface area contributed by atoms with Crippen LogP contribution in [0, 0.1) is 5.92 Å². The molecule has 2 N–H and O–H groups in total. The first kappa shape index (κ1) is 13.9.